The number of alkyl halides is 3. The Morgan fingerprint density at radius 1 is 1.10 bits per heavy atom. The zero-order valence-electron chi connectivity index (χ0n) is 15.3. The number of nitrogens with zero attached hydrogens (tertiary/aromatic N) is 1. The lowest BCUT2D eigenvalue weighted by Crippen LogP contribution is -2.52. The standard InChI is InChI=1S/C21H17ClF3NO3/c22-13-5-6-18-15(11-13)17(27)12-20(29-18)7-9-26(10-8-20)19(28)14-3-1-2-4-16(14)21(23,24)25/h1-6,11H,7-10,12H2. The normalized spacial score (nSPS) is 18.3. The molecule has 0 bridgehead atoms. The quantitative estimate of drug-likeness (QED) is 0.648. The van der Waals surface area contributed by atoms with E-state index in [-0.39, 0.29) is 30.9 Å². The Bertz CT molecular complexity index is 981. The Balaban J connectivity index is 1.51. The molecule has 4 rings (SSSR count). The van der Waals surface area contributed by atoms with Gasteiger partial charge in [0.15, 0.2) is 5.78 Å². The number of hydrogen-bond donors (Lipinski definition) is 0. The molecule has 2 aromatic rings. The number of piperidine rings is 1. The van der Waals surface area contributed by atoms with Crippen LogP contribution in [0.15, 0.2) is 42.5 Å². The number of ether oxygens (including phenoxy) is 1. The van der Waals surface area contributed by atoms with Crippen molar-refractivity contribution in [1.82, 2.24) is 4.90 Å². The molecule has 29 heavy (non-hydrogen) atoms. The van der Waals surface area contributed by atoms with Crippen molar-refractivity contribution >= 4 is 23.3 Å². The summed E-state index contributed by atoms with van der Waals surface area (Å²) in [5.74, 6) is -0.300. The van der Waals surface area contributed by atoms with Crippen LogP contribution in [-0.4, -0.2) is 35.3 Å². The van der Waals surface area contributed by atoms with Crippen molar-refractivity contribution in [2.45, 2.75) is 31.0 Å². The molecule has 1 fully saturated rings. The summed E-state index contributed by atoms with van der Waals surface area (Å²) in [5.41, 5.74) is -1.63. The number of halogens is 4. The van der Waals surface area contributed by atoms with Crippen molar-refractivity contribution in [2.24, 2.45) is 0 Å². The third kappa shape index (κ3) is 3.71. The van der Waals surface area contributed by atoms with E-state index in [9.17, 15) is 22.8 Å². The fourth-order valence-electron chi connectivity index (χ4n) is 3.95. The molecule has 2 heterocycles. The van der Waals surface area contributed by atoms with Crippen molar-refractivity contribution in [1.29, 1.82) is 0 Å². The van der Waals surface area contributed by atoms with E-state index in [0.29, 0.717) is 29.2 Å². The summed E-state index contributed by atoms with van der Waals surface area (Å²) in [7, 11) is 0. The summed E-state index contributed by atoms with van der Waals surface area (Å²) < 4.78 is 45.8. The lowest BCUT2D eigenvalue weighted by molar-refractivity contribution is -0.138. The molecule has 0 aliphatic carbocycles. The Labute approximate surface area is 170 Å². The molecule has 0 saturated carbocycles. The minimum atomic E-state index is -4.60. The van der Waals surface area contributed by atoms with Crippen molar-refractivity contribution in [3.63, 3.8) is 0 Å². The van der Waals surface area contributed by atoms with Gasteiger partial charge in [0.2, 0.25) is 0 Å². The van der Waals surface area contributed by atoms with Gasteiger partial charge in [-0.25, -0.2) is 0 Å². The number of rotatable bonds is 1. The lowest BCUT2D eigenvalue weighted by Gasteiger charge is -2.44. The van der Waals surface area contributed by atoms with E-state index in [0.717, 1.165) is 6.07 Å². The number of amides is 1. The van der Waals surface area contributed by atoms with Gasteiger partial charge >= 0.3 is 6.18 Å². The highest BCUT2D eigenvalue weighted by Gasteiger charge is 2.44. The molecule has 0 atom stereocenters. The number of likely N-dealkylation sites (tertiary alicyclic amines) is 1. The Morgan fingerprint density at radius 3 is 2.48 bits per heavy atom. The number of fused-ring (bicyclic) bond motifs is 1. The van der Waals surface area contributed by atoms with E-state index in [1.807, 2.05) is 0 Å². The first-order chi connectivity index (χ1) is 13.7. The smallest absolute Gasteiger partial charge is 0.417 e. The molecule has 1 amide bonds. The molecule has 8 heteroatoms. The van der Waals surface area contributed by atoms with Gasteiger partial charge in [0.05, 0.1) is 23.1 Å². The second-order valence-corrected chi connectivity index (χ2v) is 7.80. The molecule has 2 aromatic carbocycles. The fraction of sp³-hybridized carbons (Fsp3) is 0.333. The molecule has 0 unspecified atom stereocenters. The molecule has 2 aliphatic rings. The molecule has 0 radical (unpaired) electrons. The maximum atomic E-state index is 13.2. The first-order valence-corrected chi connectivity index (χ1v) is 9.54. The average molecular weight is 424 g/mol. The van der Waals surface area contributed by atoms with E-state index in [1.54, 1.807) is 18.2 Å². The van der Waals surface area contributed by atoms with Crippen molar-refractivity contribution < 1.29 is 27.5 Å². The van der Waals surface area contributed by atoms with Gasteiger partial charge in [0.1, 0.15) is 11.4 Å². The van der Waals surface area contributed by atoms with Gasteiger partial charge in [0, 0.05) is 31.0 Å². The van der Waals surface area contributed by atoms with Crippen LogP contribution in [0, 0.1) is 0 Å². The van der Waals surface area contributed by atoms with Crippen LogP contribution in [0.2, 0.25) is 5.02 Å². The van der Waals surface area contributed by atoms with Crippen molar-refractivity contribution in [2.75, 3.05) is 13.1 Å². The second kappa shape index (κ2) is 7.06. The monoisotopic (exact) mass is 423 g/mol. The van der Waals surface area contributed by atoms with Crippen LogP contribution >= 0.6 is 11.6 Å². The predicted molar refractivity (Wildman–Crippen MR) is 100 cm³/mol. The molecular weight excluding hydrogens is 407 g/mol. The molecule has 0 N–H and O–H groups in total. The molecule has 0 aromatic heterocycles. The highest BCUT2D eigenvalue weighted by Crippen LogP contribution is 2.41. The number of benzene rings is 2. The number of Topliss-reactive ketones (excluding diaryl/α,β-unsaturated/α-hetero) is 1. The second-order valence-electron chi connectivity index (χ2n) is 7.36. The number of carbonyl (C=O) groups excluding carboxylic acids is 2. The molecule has 152 valence electrons. The average Bonchev–Trinajstić information content (AvgIpc) is 2.68. The first kappa shape index (κ1) is 19.8. The Morgan fingerprint density at radius 2 is 1.79 bits per heavy atom. The Kier molecular flexibility index (Phi) is 4.81. The van der Waals surface area contributed by atoms with Crippen LogP contribution in [0.4, 0.5) is 13.2 Å². The summed E-state index contributed by atoms with van der Waals surface area (Å²) in [6.45, 7) is 0.419. The van der Waals surface area contributed by atoms with E-state index in [2.05, 4.69) is 0 Å². The SMILES string of the molecule is O=C1CC2(CCN(C(=O)c3ccccc3C(F)(F)F)CC2)Oc2ccc(Cl)cc21. The van der Waals surface area contributed by atoms with Crippen LogP contribution in [0.5, 0.6) is 5.75 Å². The topological polar surface area (TPSA) is 46.6 Å². The van der Waals surface area contributed by atoms with Gasteiger partial charge in [-0.2, -0.15) is 13.2 Å². The number of hydrogen-bond acceptors (Lipinski definition) is 3. The summed E-state index contributed by atoms with van der Waals surface area (Å²) >= 11 is 5.94. The van der Waals surface area contributed by atoms with Crippen LogP contribution in [-0.2, 0) is 6.18 Å². The molecule has 1 spiro atoms. The summed E-state index contributed by atoms with van der Waals surface area (Å²) in [4.78, 5) is 26.7. The zero-order chi connectivity index (χ0) is 20.8. The maximum absolute atomic E-state index is 13.2. The van der Waals surface area contributed by atoms with E-state index >= 15 is 0 Å². The van der Waals surface area contributed by atoms with Gasteiger partial charge in [0.25, 0.3) is 5.91 Å². The van der Waals surface area contributed by atoms with E-state index < -0.39 is 23.2 Å². The van der Waals surface area contributed by atoms with Crippen molar-refractivity contribution in [3.05, 3.63) is 64.2 Å². The van der Waals surface area contributed by atoms with E-state index in [4.69, 9.17) is 16.3 Å². The molecule has 2 aliphatic heterocycles. The van der Waals surface area contributed by atoms with Gasteiger partial charge < -0.3 is 9.64 Å². The van der Waals surface area contributed by atoms with Crippen LogP contribution < -0.4 is 4.74 Å². The lowest BCUT2D eigenvalue weighted by atomic mass is 9.82. The number of carbonyl (C=O) groups is 2. The summed E-state index contributed by atoms with van der Waals surface area (Å²) in [5, 5.41) is 0.445. The van der Waals surface area contributed by atoms with Crippen molar-refractivity contribution in [3.8, 4) is 5.75 Å². The van der Waals surface area contributed by atoms with Gasteiger partial charge in [-0.05, 0) is 30.3 Å². The largest absolute Gasteiger partial charge is 0.486 e. The molecular formula is C21H17ClF3NO3. The summed E-state index contributed by atoms with van der Waals surface area (Å²) in [6, 6.07) is 9.63. The zero-order valence-corrected chi connectivity index (χ0v) is 16.0. The maximum Gasteiger partial charge on any atom is 0.417 e. The third-order valence-electron chi connectivity index (χ3n) is 5.48. The number of ketones is 1. The minimum absolute atomic E-state index is 0.0871. The van der Waals surface area contributed by atoms with Gasteiger partial charge in [-0.3, -0.25) is 9.59 Å². The van der Waals surface area contributed by atoms with Gasteiger partial charge in [-0.15, -0.1) is 0 Å². The highest BCUT2D eigenvalue weighted by atomic mass is 35.5. The predicted octanol–water partition coefficient (Wildman–Crippen LogP) is 5.00. The highest BCUT2D eigenvalue weighted by molar-refractivity contribution is 6.31. The van der Waals surface area contributed by atoms with Crippen LogP contribution in [0.3, 0.4) is 0 Å². The van der Waals surface area contributed by atoms with Crippen LogP contribution in [0.1, 0.15) is 45.5 Å². The van der Waals surface area contributed by atoms with Gasteiger partial charge in [-0.1, -0.05) is 23.7 Å². The fourth-order valence-corrected chi connectivity index (χ4v) is 4.12. The van der Waals surface area contributed by atoms with Crippen LogP contribution in [0.25, 0.3) is 0 Å². The summed E-state index contributed by atoms with van der Waals surface area (Å²) in [6.07, 6.45) is -3.73. The molecule has 1 saturated heterocycles. The third-order valence-corrected chi connectivity index (χ3v) is 5.71. The first-order valence-electron chi connectivity index (χ1n) is 9.16. The minimum Gasteiger partial charge on any atom is -0.486 e. The Hall–Kier alpha value is -2.54. The van der Waals surface area contributed by atoms with E-state index in [1.165, 1.54) is 23.1 Å². The molecule has 4 nitrogen and oxygen atoms in total.